The highest BCUT2D eigenvalue weighted by Gasteiger charge is 2.23. The van der Waals surface area contributed by atoms with Gasteiger partial charge in [0, 0.05) is 34.4 Å². The van der Waals surface area contributed by atoms with E-state index in [0.717, 1.165) is 22.3 Å². The summed E-state index contributed by atoms with van der Waals surface area (Å²) in [6.07, 6.45) is 0. The molecule has 8 heteroatoms. The lowest BCUT2D eigenvalue weighted by Gasteiger charge is -2.38. The van der Waals surface area contributed by atoms with Gasteiger partial charge in [0.1, 0.15) is 5.75 Å². The highest BCUT2D eigenvalue weighted by molar-refractivity contribution is 14.1. The van der Waals surface area contributed by atoms with Gasteiger partial charge in [-0.3, -0.25) is 4.72 Å². The molecule has 1 saturated heterocycles. The summed E-state index contributed by atoms with van der Waals surface area (Å²) in [6, 6.07) is 13.1. The molecule has 0 bridgehead atoms. The molecule has 1 aliphatic heterocycles. The Hall–Kier alpha value is -1.52. The number of rotatable bonds is 5. The number of anilines is 2. The van der Waals surface area contributed by atoms with Crippen LogP contribution in [0.15, 0.2) is 47.4 Å². The van der Waals surface area contributed by atoms with E-state index in [1.165, 1.54) is 7.11 Å². The van der Waals surface area contributed by atoms with Crippen LogP contribution in [-0.2, 0) is 10.0 Å². The minimum Gasteiger partial charge on any atom is -0.495 e. The highest BCUT2D eigenvalue weighted by atomic mass is 127. The van der Waals surface area contributed by atoms with Crippen LogP contribution in [0, 0.1) is 3.57 Å². The van der Waals surface area contributed by atoms with Crippen molar-refractivity contribution in [3.8, 4) is 5.75 Å². The number of ether oxygens (including phenoxy) is 1. The number of hydrogen-bond donors (Lipinski definition) is 2. The molecule has 2 N–H and O–H groups in total. The molecule has 6 nitrogen and oxygen atoms in total. The smallest absolute Gasteiger partial charge is 0.262 e. The molecule has 0 aliphatic carbocycles. The summed E-state index contributed by atoms with van der Waals surface area (Å²) in [5, 5.41) is 3.50. The van der Waals surface area contributed by atoms with E-state index in [-0.39, 0.29) is 4.90 Å². The monoisotopic (exact) mass is 501 g/mol. The second kappa shape index (κ2) is 8.24. The van der Waals surface area contributed by atoms with Crippen LogP contribution in [-0.4, -0.2) is 40.7 Å². The number of hydrogen-bond acceptors (Lipinski definition) is 5. The lowest BCUT2D eigenvalue weighted by Crippen LogP contribution is -2.54. The van der Waals surface area contributed by atoms with E-state index < -0.39 is 10.0 Å². The van der Waals surface area contributed by atoms with E-state index in [1.54, 1.807) is 30.3 Å². The van der Waals surface area contributed by atoms with Crippen molar-refractivity contribution < 1.29 is 13.2 Å². The lowest BCUT2D eigenvalue weighted by molar-refractivity contribution is 0.406. The number of methoxy groups -OCH3 is 1. The number of halogens is 1. The molecule has 2 atom stereocenters. The average molecular weight is 501 g/mol. The first-order valence-electron chi connectivity index (χ1n) is 8.76. The first-order chi connectivity index (χ1) is 12.8. The molecular formula is C19H24IN3O3S. The summed E-state index contributed by atoms with van der Waals surface area (Å²) in [5.74, 6) is 0.490. The quantitative estimate of drug-likeness (QED) is 0.616. The molecule has 0 spiro atoms. The van der Waals surface area contributed by atoms with Crippen molar-refractivity contribution in [1.29, 1.82) is 0 Å². The third-order valence-electron chi connectivity index (χ3n) is 4.47. The van der Waals surface area contributed by atoms with Crippen LogP contribution in [0.3, 0.4) is 0 Å². The van der Waals surface area contributed by atoms with Crippen molar-refractivity contribution in [3.63, 3.8) is 0 Å². The molecule has 0 saturated carbocycles. The third kappa shape index (κ3) is 4.85. The van der Waals surface area contributed by atoms with Crippen molar-refractivity contribution >= 4 is 44.0 Å². The SMILES string of the molecule is COc1ccc(N2CC(C)NC(C)C2)cc1NS(=O)(=O)c1ccc(I)cc1. The van der Waals surface area contributed by atoms with E-state index in [2.05, 4.69) is 51.4 Å². The average Bonchev–Trinajstić information content (AvgIpc) is 2.61. The van der Waals surface area contributed by atoms with Gasteiger partial charge in [-0.25, -0.2) is 8.42 Å². The Kier molecular flexibility index (Phi) is 6.17. The van der Waals surface area contributed by atoms with Gasteiger partial charge in [-0.05, 0) is 78.9 Å². The zero-order valence-electron chi connectivity index (χ0n) is 15.6. The molecule has 27 heavy (non-hydrogen) atoms. The Morgan fingerprint density at radius 2 is 1.74 bits per heavy atom. The summed E-state index contributed by atoms with van der Waals surface area (Å²) in [7, 11) is -2.16. The molecular weight excluding hydrogens is 477 g/mol. The van der Waals surface area contributed by atoms with Crippen LogP contribution in [0.4, 0.5) is 11.4 Å². The maximum absolute atomic E-state index is 12.8. The summed E-state index contributed by atoms with van der Waals surface area (Å²) < 4.78 is 34.6. The van der Waals surface area contributed by atoms with Crippen LogP contribution in [0.1, 0.15) is 13.8 Å². The molecule has 1 aliphatic rings. The van der Waals surface area contributed by atoms with Crippen LogP contribution >= 0.6 is 22.6 Å². The Balaban J connectivity index is 1.91. The number of nitrogens with zero attached hydrogens (tertiary/aromatic N) is 1. The van der Waals surface area contributed by atoms with Gasteiger partial charge in [0.25, 0.3) is 10.0 Å². The Bertz CT molecular complexity index is 893. The van der Waals surface area contributed by atoms with Crippen LogP contribution in [0.5, 0.6) is 5.75 Å². The fraction of sp³-hybridized carbons (Fsp3) is 0.368. The zero-order valence-corrected chi connectivity index (χ0v) is 18.5. The molecule has 0 radical (unpaired) electrons. The fourth-order valence-corrected chi connectivity index (χ4v) is 4.75. The molecule has 2 aromatic carbocycles. The maximum Gasteiger partial charge on any atom is 0.262 e. The third-order valence-corrected chi connectivity index (χ3v) is 6.57. The van der Waals surface area contributed by atoms with Crippen molar-refractivity contribution in [1.82, 2.24) is 5.32 Å². The van der Waals surface area contributed by atoms with E-state index >= 15 is 0 Å². The number of piperazine rings is 1. The van der Waals surface area contributed by atoms with Gasteiger partial charge < -0.3 is 15.0 Å². The first kappa shape index (κ1) is 20.2. The Morgan fingerprint density at radius 3 is 2.33 bits per heavy atom. The van der Waals surface area contributed by atoms with Crippen molar-refractivity contribution in [2.24, 2.45) is 0 Å². The van der Waals surface area contributed by atoms with Crippen molar-refractivity contribution in [2.45, 2.75) is 30.8 Å². The number of benzene rings is 2. The topological polar surface area (TPSA) is 70.7 Å². The summed E-state index contributed by atoms with van der Waals surface area (Å²) in [4.78, 5) is 2.48. The van der Waals surface area contributed by atoms with E-state index in [0.29, 0.717) is 23.5 Å². The molecule has 1 heterocycles. The Labute approximate surface area is 174 Å². The van der Waals surface area contributed by atoms with Gasteiger partial charge >= 0.3 is 0 Å². The lowest BCUT2D eigenvalue weighted by atomic mass is 10.1. The molecule has 2 unspecified atom stereocenters. The molecule has 0 amide bonds. The molecule has 146 valence electrons. The fourth-order valence-electron chi connectivity index (χ4n) is 3.33. The van der Waals surface area contributed by atoms with Gasteiger partial charge in [0.15, 0.2) is 0 Å². The second-order valence-electron chi connectivity index (χ2n) is 6.82. The predicted molar refractivity (Wildman–Crippen MR) is 117 cm³/mol. The van der Waals surface area contributed by atoms with E-state index in [1.807, 2.05) is 12.1 Å². The molecule has 1 fully saturated rings. The first-order valence-corrected chi connectivity index (χ1v) is 11.3. The van der Waals surface area contributed by atoms with Gasteiger partial charge in [-0.1, -0.05) is 0 Å². The van der Waals surface area contributed by atoms with Crippen molar-refractivity contribution in [3.05, 3.63) is 46.0 Å². The van der Waals surface area contributed by atoms with Gasteiger partial charge in [0.05, 0.1) is 17.7 Å². The van der Waals surface area contributed by atoms with Crippen LogP contribution < -0.4 is 19.7 Å². The summed E-state index contributed by atoms with van der Waals surface area (Å²) in [5.41, 5.74) is 1.41. The number of nitrogens with one attached hydrogen (secondary N) is 2. The minimum atomic E-state index is -3.70. The molecule has 2 aromatic rings. The highest BCUT2D eigenvalue weighted by Crippen LogP contribution is 2.32. The normalized spacial score (nSPS) is 20.4. The molecule has 3 rings (SSSR count). The van der Waals surface area contributed by atoms with E-state index in [4.69, 9.17) is 4.74 Å². The minimum absolute atomic E-state index is 0.222. The summed E-state index contributed by atoms with van der Waals surface area (Å²) in [6.45, 7) is 6.01. The zero-order chi connectivity index (χ0) is 19.6. The Morgan fingerprint density at radius 1 is 1.11 bits per heavy atom. The summed E-state index contributed by atoms with van der Waals surface area (Å²) >= 11 is 2.15. The van der Waals surface area contributed by atoms with Crippen LogP contribution in [0.25, 0.3) is 0 Å². The van der Waals surface area contributed by atoms with E-state index in [9.17, 15) is 8.42 Å². The maximum atomic E-state index is 12.8. The standard InChI is InChI=1S/C19H24IN3O3S/c1-13-11-23(12-14(2)21-13)16-6-9-19(26-3)18(10-16)22-27(24,25)17-7-4-15(20)5-8-17/h4-10,13-14,21-22H,11-12H2,1-3H3. The van der Waals surface area contributed by atoms with Crippen LogP contribution in [0.2, 0.25) is 0 Å². The largest absolute Gasteiger partial charge is 0.495 e. The van der Waals surface area contributed by atoms with Gasteiger partial charge in [0.2, 0.25) is 0 Å². The second-order valence-corrected chi connectivity index (χ2v) is 9.75. The van der Waals surface area contributed by atoms with Crippen molar-refractivity contribution in [2.75, 3.05) is 29.8 Å². The predicted octanol–water partition coefficient (Wildman–Crippen LogP) is 3.29. The van der Waals surface area contributed by atoms with Gasteiger partial charge in [-0.15, -0.1) is 0 Å². The van der Waals surface area contributed by atoms with Gasteiger partial charge in [-0.2, -0.15) is 0 Å². The number of sulfonamides is 1. The molecule has 0 aromatic heterocycles.